The van der Waals surface area contributed by atoms with Crippen LogP contribution in [0.25, 0.3) is 0 Å². The summed E-state index contributed by atoms with van der Waals surface area (Å²) in [5.41, 5.74) is 0.493. The van der Waals surface area contributed by atoms with Gasteiger partial charge in [0.25, 0.3) is 11.6 Å². The van der Waals surface area contributed by atoms with Crippen LogP contribution in [-0.2, 0) is 0 Å². The molecule has 0 saturated carbocycles. The summed E-state index contributed by atoms with van der Waals surface area (Å²) in [5, 5.41) is 14.5. The highest BCUT2D eigenvalue weighted by molar-refractivity contribution is 5.99. The van der Waals surface area contributed by atoms with Crippen LogP contribution in [0.3, 0.4) is 0 Å². The molecular weight excluding hydrogens is 372 g/mol. The zero-order valence-electron chi connectivity index (χ0n) is 17.5. The number of amides is 1. The molecule has 0 fully saturated rings. The van der Waals surface area contributed by atoms with Crippen molar-refractivity contribution in [2.45, 2.75) is 40.2 Å². The fraction of sp³-hybridized carbons (Fsp3) is 0.409. The lowest BCUT2D eigenvalue weighted by Gasteiger charge is -2.27. The molecule has 0 aliphatic carbocycles. The van der Waals surface area contributed by atoms with E-state index < -0.39 is 10.8 Å². The number of nitrogens with one attached hydrogen (secondary N) is 1. The normalized spacial score (nSPS) is 12.2. The van der Waals surface area contributed by atoms with Crippen molar-refractivity contribution in [1.29, 1.82) is 0 Å². The highest BCUT2D eigenvalue weighted by Crippen LogP contribution is 2.36. The maximum atomic E-state index is 13.1. The van der Waals surface area contributed by atoms with Crippen molar-refractivity contribution < 1.29 is 19.2 Å². The molecule has 1 N–H and O–H groups in total. The molecule has 0 aliphatic heterocycles. The SMILES string of the molecule is CCOc1cc(C(=O)NC(CC(C)(C)C)c2ccccc2)c([N+](=O)[O-])cc1OC. The third kappa shape index (κ3) is 5.94. The molecule has 1 atom stereocenters. The highest BCUT2D eigenvalue weighted by atomic mass is 16.6. The third-order valence-electron chi connectivity index (χ3n) is 4.35. The molecule has 0 aromatic heterocycles. The fourth-order valence-corrected chi connectivity index (χ4v) is 3.10. The summed E-state index contributed by atoms with van der Waals surface area (Å²) >= 11 is 0. The topological polar surface area (TPSA) is 90.7 Å². The maximum Gasteiger partial charge on any atom is 0.286 e. The molecule has 0 aliphatic rings. The number of hydrogen-bond donors (Lipinski definition) is 1. The van der Waals surface area contributed by atoms with Crippen LogP contribution < -0.4 is 14.8 Å². The number of benzene rings is 2. The van der Waals surface area contributed by atoms with Crippen molar-refractivity contribution in [2.24, 2.45) is 5.41 Å². The summed E-state index contributed by atoms with van der Waals surface area (Å²) in [6, 6.07) is 11.9. The largest absolute Gasteiger partial charge is 0.493 e. The molecule has 0 radical (unpaired) electrons. The first-order valence-electron chi connectivity index (χ1n) is 9.51. The maximum absolute atomic E-state index is 13.1. The van der Waals surface area contributed by atoms with Crippen molar-refractivity contribution >= 4 is 11.6 Å². The molecule has 1 amide bonds. The van der Waals surface area contributed by atoms with Crippen LogP contribution >= 0.6 is 0 Å². The lowest BCUT2D eigenvalue weighted by atomic mass is 9.85. The van der Waals surface area contributed by atoms with E-state index in [1.165, 1.54) is 19.2 Å². The van der Waals surface area contributed by atoms with E-state index in [-0.39, 0.29) is 34.2 Å². The van der Waals surface area contributed by atoms with Crippen LogP contribution in [0, 0.1) is 15.5 Å². The predicted molar refractivity (Wildman–Crippen MR) is 112 cm³/mol. The van der Waals surface area contributed by atoms with Gasteiger partial charge in [0.15, 0.2) is 11.5 Å². The molecule has 1 unspecified atom stereocenters. The molecule has 156 valence electrons. The zero-order chi connectivity index (χ0) is 21.6. The van der Waals surface area contributed by atoms with Gasteiger partial charge in [-0.3, -0.25) is 14.9 Å². The van der Waals surface area contributed by atoms with E-state index in [1.54, 1.807) is 6.92 Å². The van der Waals surface area contributed by atoms with Gasteiger partial charge in [-0.05, 0) is 24.3 Å². The number of ether oxygens (including phenoxy) is 2. The smallest absolute Gasteiger partial charge is 0.286 e. The number of hydrogen-bond acceptors (Lipinski definition) is 5. The van der Waals surface area contributed by atoms with Gasteiger partial charge in [0, 0.05) is 6.07 Å². The van der Waals surface area contributed by atoms with E-state index in [0.717, 1.165) is 5.56 Å². The monoisotopic (exact) mass is 400 g/mol. The Morgan fingerprint density at radius 1 is 1.17 bits per heavy atom. The molecule has 7 nitrogen and oxygen atoms in total. The van der Waals surface area contributed by atoms with Crippen molar-refractivity contribution in [3.63, 3.8) is 0 Å². The number of carbonyl (C=O) groups is 1. The molecule has 7 heteroatoms. The minimum atomic E-state index is -0.589. The Hall–Kier alpha value is -3.09. The molecule has 2 aromatic carbocycles. The molecule has 29 heavy (non-hydrogen) atoms. The Labute approximate surface area is 171 Å². The summed E-state index contributed by atoms with van der Waals surface area (Å²) < 4.78 is 10.7. The average Bonchev–Trinajstić information content (AvgIpc) is 2.66. The quantitative estimate of drug-likeness (QED) is 0.502. The zero-order valence-corrected chi connectivity index (χ0v) is 17.5. The first kappa shape index (κ1) is 22.2. The van der Waals surface area contributed by atoms with E-state index >= 15 is 0 Å². The molecular formula is C22H28N2O5. The van der Waals surface area contributed by atoms with Crippen LogP contribution in [0.1, 0.15) is 56.1 Å². The lowest BCUT2D eigenvalue weighted by molar-refractivity contribution is -0.385. The Morgan fingerprint density at radius 2 is 1.83 bits per heavy atom. The van der Waals surface area contributed by atoms with E-state index in [9.17, 15) is 14.9 Å². The number of rotatable bonds is 8. The molecule has 2 rings (SSSR count). The van der Waals surface area contributed by atoms with Gasteiger partial charge in [-0.1, -0.05) is 51.1 Å². The van der Waals surface area contributed by atoms with Gasteiger partial charge >= 0.3 is 0 Å². The number of nitrogens with zero attached hydrogens (tertiary/aromatic N) is 1. The molecule has 2 aromatic rings. The van der Waals surface area contributed by atoms with Crippen LogP contribution in [-0.4, -0.2) is 24.5 Å². The summed E-state index contributed by atoms with van der Waals surface area (Å²) in [7, 11) is 1.40. The molecule has 0 heterocycles. The van der Waals surface area contributed by atoms with Crippen molar-refractivity contribution in [3.8, 4) is 11.5 Å². The van der Waals surface area contributed by atoms with Gasteiger partial charge in [-0.15, -0.1) is 0 Å². The standard InChI is InChI=1S/C22H28N2O5/c1-6-29-20-12-16(18(24(26)27)13-19(20)28-5)21(25)23-17(14-22(2,3)4)15-10-8-7-9-11-15/h7-13,17H,6,14H2,1-5H3,(H,23,25). The summed E-state index contributed by atoms with van der Waals surface area (Å²) in [6.45, 7) is 8.37. The number of nitro benzene ring substituents is 1. The Kier molecular flexibility index (Phi) is 7.20. The van der Waals surface area contributed by atoms with Gasteiger partial charge < -0.3 is 14.8 Å². The molecule has 0 spiro atoms. The number of methoxy groups -OCH3 is 1. The van der Waals surface area contributed by atoms with Gasteiger partial charge in [-0.2, -0.15) is 0 Å². The Bertz CT molecular complexity index is 859. The Balaban J connectivity index is 2.45. The van der Waals surface area contributed by atoms with Gasteiger partial charge in [0.2, 0.25) is 0 Å². The number of nitro groups is 1. The second-order valence-corrected chi connectivity index (χ2v) is 7.91. The molecule has 0 bridgehead atoms. The summed E-state index contributed by atoms with van der Waals surface area (Å²) in [4.78, 5) is 24.1. The van der Waals surface area contributed by atoms with E-state index in [0.29, 0.717) is 13.0 Å². The van der Waals surface area contributed by atoms with E-state index in [4.69, 9.17) is 9.47 Å². The average molecular weight is 400 g/mol. The van der Waals surface area contributed by atoms with Crippen molar-refractivity contribution in [2.75, 3.05) is 13.7 Å². The van der Waals surface area contributed by atoms with Crippen LogP contribution in [0.2, 0.25) is 0 Å². The number of carbonyl (C=O) groups excluding carboxylic acids is 1. The summed E-state index contributed by atoms with van der Waals surface area (Å²) in [6.07, 6.45) is 0.672. The Morgan fingerprint density at radius 3 is 2.34 bits per heavy atom. The van der Waals surface area contributed by atoms with Crippen molar-refractivity contribution in [3.05, 3.63) is 63.7 Å². The van der Waals surface area contributed by atoms with Gasteiger partial charge in [-0.25, -0.2) is 0 Å². The first-order chi connectivity index (χ1) is 13.7. The minimum absolute atomic E-state index is 0.0594. The first-order valence-corrected chi connectivity index (χ1v) is 9.51. The minimum Gasteiger partial charge on any atom is -0.493 e. The van der Waals surface area contributed by atoms with E-state index in [1.807, 2.05) is 30.3 Å². The fourth-order valence-electron chi connectivity index (χ4n) is 3.10. The van der Waals surface area contributed by atoms with E-state index in [2.05, 4.69) is 26.1 Å². The van der Waals surface area contributed by atoms with Gasteiger partial charge in [0.05, 0.1) is 30.7 Å². The van der Waals surface area contributed by atoms with Gasteiger partial charge in [0.1, 0.15) is 5.56 Å². The van der Waals surface area contributed by atoms with Crippen LogP contribution in [0.5, 0.6) is 11.5 Å². The second-order valence-electron chi connectivity index (χ2n) is 7.91. The second kappa shape index (κ2) is 9.41. The highest BCUT2D eigenvalue weighted by Gasteiger charge is 2.28. The lowest BCUT2D eigenvalue weighted by Crippen LogP contribution is -2.31. The van der Waals surface area contributed by atoms with Crippen LogP contribution in [0.15, 0.2) is 42.5 Å². The molecule has 0 saturated heterocycles. The third-order valence-corrected chi connectivity index (χ3v) is 4.35. The summed E-state index contributed by atoms with van der Waals surface area (Å²) in [5.74, 6) is -0.0272. The van der Waals surface area contributed by atoms with Crippen molar-refractivity contribution in [1.82, 2.24) is 5.32 Å². The predicted octanol–water partition coefficient (Wildman–Crippen LogP) is 4.91. The van der Waals surface area contributed by atoms with Crippen LogP contribution in [0.4, 0.5) is 5.69 Å².